The molecule has 2 nitrogen and oxygen atoms in total. The summed E-state index contributed by atoms with van der Waals surface area (Å²) in [5.41, 5.74) is -0.543. The second-order valence-corrected chi connectivity index (χ2v) is 5.69. The fraction of sp³-hybridized carbons (Fsp3) is 1.00. The fourth-order valence-corrected chi connectivity index (χ4v) is 2.15. The first-order valence-electron chi connectivity index (χ1n) is 6.70. The summed E-state index contributed by atoms with van der Waals surface area (Å²) >= 11 is 0. The highest BCUT2D eigenvalue weighted by Crippen LogP contribution is 2.41. The lowest BCUT2D eigenvalue weighted by molar-refractivity contribution is -0.261. The standard InChI is InChI=1S/C13H24F3NO/c1-10(2)9-17-8-7-12(5-4-6-12)18-11(3)13(14,15)16/h10-11,17H,4-9H2,1-3H3. The minimum absolute atomic E-state index is 0.543. The van der Waals surface area contributed by atoms with Crippen LogP contribution in [0.4, 0.5) is 13.2 Å². The zero-order chi connectivity index (χ0) is 13.8. The van der Waals surface area contributed by atoms with E-state index >= 15 is 0 Å². The van der Waals surface area contributed by atoms with E-state index in [-0.39, 0.29) is 0 Å². The molecule has 0 amide bonds. The van der Waals surface area contributed by atoms with Crippen molar-refractivity contribution in [3.63, 3.8) is 0 Å². The van der Waals surface area contributed by atoms with Gasteiger partial charge in [-0.1, -0.05) is 13.8 Å². The Hall–Kier alpha value is -0.290. The highest BCUT2D eigenvalue weighted by Gasteiger charge is 2.46. The molecule has 1 fully saturated rings. The van der Waals surface area contributed by atoms with Gasteiger partial charge >= 0.3 is 6.18 Å². The fourth-order valence-electron chi connectivity index (χ4n) is 2.15. The van der Waals surface area contributed by atoms with Crippen molar-refractivity contribution in [2.45, 2.75) is 64.3 Å². The van der Waals surface area contributed by atoms with E-state index in [1.807, 2.05) is 0 Å². The number of hydrogen-bond acceptors (Lipinski definition) is 2. The van der Waals surface area contributed by atoms with Gasteiger partial charge in [-0.3, -0.25) is 0 Å². The Balaban J connectivity index is 2.34. The summed E-state index contributed by atoms with van der Waals surface area (Å²) in [6.07, 6.45) is -2.79. The summed E-state index contributed by atoms with van der Waals surface area (Å²) in [5, 5.41) is 3.26. The molecule has 1 atom stereocenters. The lowest BCUT2D eigenvalue weighted by atomic mass is 9.77. The van der Waals surface area contributed by atoms with Gasteiger partial charge in [0.25, 0.3) is 0 Å². The molecule has 108 valence electrons. The number of ether oxygens (including phenoxy) is 1. The first kappa shape index (κ1) is 15.8. The Morgan fingerprint density at radius 2 is 1.83 bits per heavy atom. The average Bonchev–Trinajstić information content (AvgIpc) is 2.18. The van der Waals surface area contributed by atoms with Crippen molar-refractivity contribution >= 4 is 0 Å². The highest BCUT2D eigenvalue weighted by atomic mass is 19.4. The van der Waals surface area contributed by atoms with Crippen molar-refractivity contribution < 1.29 is 17.9 Å². The molecular formula is C13H24F3NO. The molecule has 0 aromatic rings. The number of halogens is 3. The van der Waals surface area contributed by atoms with Gasteiger partial charge in [0.05, 0.1) is 5.60 Å². The van der Waals surface area contributed by atoms with E-state index in [9.17, 15) is 13.2 Å². The van der Waals surface area contributed by atoms with Crippen molar-refractivity contribution in [2.24, 2.45) is 5.92 Å². The van der Waals surface area contributed by atoms with E-state index < -0.39 is 17.9 Å². The van der Waals surface area contributed by atoms with Gasteiger partial charge in [-0.05, 0) is 51.6 Å². The van der Waals surface area contributed by atoms with Gasteiger partial charge in [0.1, 0.15) is 0 Å². The van der Waals surface area contributed by atoms with Crippen LogP contribution in [0.25, 0.3) is 0 Å². The molecule has 0 saturated heterocycles. The molecule has 0 aromatic heterocycles. The van der Waals surface area contributed by atoms with Gasteiger partial charge < -0.3 is 10.1 Å². The zero-order valence-electron chi connectivity index (χ0n) is 11.4. The van der Waals surface area contributed by atoms with E-state index in [4.69, 9.17) is 4.74 Å². The van der Waals surface area contributed by atoms with E-state index in [1.54, 1.807) is 0 Å². The van der Waals surface area contributed by atoms with Gasteiger partial charge in [-0.2, -0.15) is 13.2 Å². The minimum atomic E-state index is -4.26. The predicted molar refractivity (Wildman–Crippen MR) is 65.5 cm³/mol. The molecule has 1 aliphatic rings. The molecule has 1 unspecified atom stereocenters. The largest absolute Gasteiger partial charge is 0.414 e. The van der Waals surface area contributed by atoms with Crippen LogP contribution in [-0.4, -0.2) is 31.0 Å². The number of hydrogen-bond donors (Lipinski definition) is 1. The Morgan fingerprint density at radius 1 is 1.22 bits per heavy atom. The number of nitrogens with one attached hydrogen (secondary N) is 1. The van der Waals surface area contributed by atoms with E-state index in [0.717, 1.165) is 39.3 Å². The predicted octanol–water partition coefficient (Wildman–Crippen LogP) is 3.51. The minimum Gasteiger partial charge on any atom is -0.363 e. The second kappa shape index (κ2) is 6.24. The maximum Gasteiger partial charge on any atom is 0.414 e. The van der Waals surface area contributed by atoms with Crippen molar-refractivity contribution in [1.82, 2.24) is 5.32 Å². The normalized spacial score (nSPS) is 20.8. The molecule has 18 heavy (non-hydrogen) atoms. The molecule has 1 rings (SSSR count). The van der Waals surface area contributed by atoms with Crippen LogP contribution in [0.5, 0.6) is 0 Å². The van der Waals surface area contributed by atoms with Gasteiger partial charge in [0.15, 0.2) is 6.10 Å². The lowest BCUT2D eigenvalue weighted by Gasteiger charge is -2.44. The summed E-state index contributed by atoms with van der Waals surface area (Å²) in [6.45, 7) is 6.93. The quantitative estimate of drug-likeness (QED) is 0.713. The Morgan fingerprint density at radius 3 is 2.22 bits per heavy atom. The third-order valence-electron chi connectivity index (χ3n) is 3.46. The van der Waals surface area contributed by atoms with Gasteiger partial charge in [0, 0.05) is 0 Å². The molecule has 1 N–H and O–H groups in total. The number of alkyl halides is 3. The van der Waals surface area contributed by atoms with Gasteiger partial charge in [-0.15, -0.1) is 0 Å². The average molecular weight is 267 g/mol. The molecule has 0 radical (unpaired) electrons. The monoisotopic (exact) mass is 267 g/mol. The van der Waals surface area contributed by atoms with Crippen LogP contribution < -0.4 is 5.32 Å². The smallest absolute Gasteiger partial charge is 0.363 e. The molecule has 0 heterocycles. The molecule has 0 aliphatic heterocycles. The Bertz CT molecular complexity index is 249. The van der Waals surface area contributed by atoms with Crippen LogP contribution in [0.15, 0.2) is 0 Å². The van der Waals surface area contributed by atoms with Crippen LogP contribution in [0.1, 0.15) is 46.5 Å². The summed E-state index contributed by atoms with van der Waals surface area (Å²) < 4.78 is 42.8. The van der Waals surface area contributed by atoms with Crippen LogP contribution in [0.3, 0.4) is 0 Å². The third kappa shape index (κ3) is 4.76. The maximum atomic E-state index is 12.5. The van der Waals surface area contributed by atoms with Crippen LogP contribution in [0.2, 0.25) is 0 Å². The van der Waals surface area contributed by atoms with Gasteiger partial charge in [-0.25, -0.2) is 0 Å². The molecule has 0 aromatic carbocycles. The molecule has 0 spiro atoms. The van der Waals surface area contributed by atoms with E-state index in [2.05, 4.69) is 19.2 Å². The lowest BCUT2D eigenvalue weighted by Crippen LogP contribution is -2.48. The third-order valence-corrected chi connectivity index (χ3v) is 3.46. The summed E-state index contributed by atoms with van der Waals surface area (Å²) in [4.78, 5) is 0. The summed E-state index contributed by atoms with van der Waals surface area (Å²) in [7, 11) is 0. The molecule has 1 saturated carbocycles. The Labute approximate surface area is 107 Å². The van der Waals surface area contributed by atoms with Gasteiger partial charge in [0.2, 0.25) is 0 Å². The zero-order valence-corrected chi connectivity index (χ0v) is 11.4. The Kier molecular flexibility index (Phi) is 5.46. The SMILES string of the molecule is CC(C)CNCCC1(OC(C)C(F)(F)F)CCC1. The maximum absolute atomic E-state index is 12.5. The van der Waals surface area contributed by atoms with Crippen LogP contribution in [-0.2, 0) is 4.74 Å². The summed E-state index contributed by atoms with van der Waals surface area (Å²) in [5.74, 6) is 0.553. The van der Waals surface area contributed by atoms with Crippen molar-refractivity contribution in [2.75, 3.05) is 13.1 Å². The molecule has 1 aliphatic carbocycles. The highest BCUT2D eigenvalue weighted by molar-refractivity contribution is 4.91. The second-order valence-electron chi connectivity index (χ2n) is 5.69. The number of rotatable bonds is 7. The van der Waals surface area contributed by atoms with Crippen LogP contribution in [0, 0.1) is 5.92 Å². The first-order valence-corrected chi connectivity index (χ1v) is 6.70. The van der Waals surface area contributed by atoms with E-state index in [1.165, 1.54) is 0 Å². The molecule has 5 heteroatoms. The van der Waals surface area contributed by atoms with Crippen molar-refractivity contribution in [3.05, 3.63) is 0 Å². The van der Waals surface area contributed by atoms with Crippen LogP contribution >= 0.6 is 0 Å². The molecule has 0 bridgehead atoms. The van der Waals surface area contributed by atoms with Crippen molar-refractivity contribution in [1.29, 1.82) is 0 Å². The first-order chi connectivity index (χ1) is 8.25. The van der Waals surface area contributed by atoms with E-state index in [0.29, 0.717) is 12.3 Å². The topological polar surface area (TPSA) is 21.3 Å². The van der Waals surface area contributed by atoms with Crippen molar-refractivity contribution in [3.8, 4) is 0 Å². The summed E-state index contributed by atoms with van der Waals surface area (Å²) in [6, 6.07) is 0. The molecular weight excluding hydrogens is 243 g/mol.